The van der Waals surface area contributed by atoms with E-state index in [1.807, 2.05) is 31.2 Å². The van der Waals surface area contributed by atoms with E-state index < -0.39 is 10.8 Å². The molecule has 25 heavy (non-hydrogen) atoms. The van der Waals surface area contributed by atoms with E-state index in [1.165, 1.54) is 6.07 Å². The van der Waals surface area contributed by atoms with Crippen molar-refractivity contribution >= 4 is 39.4 Å². The molecule has 2 aromatic rings. The molecule has 1 amide bonds. The van der Waals surface area contributed by atoms with Crippen molar-refractivity contribution in [1.82, 2.24) is 5.43 Å². The lowest BCUT2D eigenvalue weighted by Crippen LogP contribution is -2.25. The maximum Gasteiger partial charge on any atom is 0.271 e. The number of amides is 1. The summed E-state index contributed by atoms with van der Waals surface area (Å²) >= 11 is 3.03. The molecule has 0 atom stereocenters. The molecule has 0 unspecified atom stereocenters. The van der Waals surface area contributed by atoms with Gasteiger partial charge in [-0.05, 0) is 35.0 Å². The number of benzene rings is 2. The number of rotatable bonds is 6. The Kier molecular flexibility index (Phi) is 6.07. The Bertz CT molecular complexity index is 822. The van der Waals surface area contributed by atoms with Crippen LogP contribution in [0.25, 0.3) is 0 Å². The van der Waals surface area contributed by atoms with Gasteiger partial charge in [0, 0.05) is 23.4 Å². The first-order valence-corrected chi connectivity index (χ1v) is 7.95. The molecule has 0 bridgehead atoms. The van der Waals surface area contributed by atoms with Crippen LogP contribution in [0.5, 0.6) is 5.75 Å². The number of nitrogens with zero attached hydrogens (tertiary/aromatic N) is 2. The number of non-ortho nitro benzene ring substituents is 1. The van der Waals surface area contributed by atoms with Gasteiger partial charge in [-0.1, -0.05) is 17.7 Å². The number of hydrogen-bond acceptors (Lipinski definition) is 6. The highest BCUT2D eigenvalue weighted by atomic mass is 79.9. The largest absolute Gasteiger partial charge is 0.506 e. The first-order valence-electron chi connectivity index (χ1n) is 7.16. The highest BCUT2D eigenvalue weighted by Crippen LogP contribution is 2.31. The van der Waals surface area contributed by atoms with E-state index in [2.05, 4.69) is 31.8 Å². The Balaban J connectivity index is 1.95. The van der Waals surface area contributed by atoms with Gasteiger partial charge in [-0.15, -0.1) is 0 Å². The van der Waals surface area contributed by atoms with Crippen molar-refractivity contribution in [2.45, 2.75) is 6.92 Å². The first kappa shape index (κ1) is 18.4. The topological polar surface area (TPSA) is 117 Å². The van der Waals surface area contributed by atoms with E-state index >= 15 is 0 Å². The summed E-state index contributed by atoms with van der Waals surface area (Å²) in [7, 11) is 0. The van der Waals surface area contributed by atoms with Crippen LogP contribution >= 0.6 is 15.9 Å². The van der Waals surface area contributed by atoms with Gasteiger partial charge in [0.1, 0.15) is 5.75 Å². The lowest BCUT2D eigenvalue weighted by molar-refractivity contribution is -0.385. The van der Waals surface area contributed by atoms with Gasteiger partial charge in [0.25, 0.3) is 11.6 Å². The van der Waals surface area contributed by atoms with E-state index in [-0.39, 0.29) is 28.0 Å². The SMILES string of the molecule is Cc1ccc(NCC(=O)N/N=C\c2cc([N+](=O)[O-])cc(Br)c2O)cc1. The van der Waals surface area contributed by atoms with Gasteiger partial charge < -0.3 is 10.4 Å². The number of nitro groups is 1. The molecule has 130 valence electrons. The predicted octanol–water partition coefficient (Wildman–Crippen LogP) is 2.93. The molecular formula is C16H15BrN4O4. The fourth-order valence-corrected chi connectivity index (χ4v) is 2.34. The molecule has 2 rings (SSSR count). The number of hydrazone groups is 1. The normalized spacial score (nSPS) is 10.6. The van der Waals surface area contributed by atoms with Crippen LogP contribution in [0.15, 0.2) is 46.0 Å². The third kappa shape index (κ3) is 5.28. The van der Waals surface area contributed by atoms with Gasteiger partial charge in [-0.25, -0.2) is 5.43 Å². The van der Waals surface area contributed by atoms with Gasteiger partial charge in [-0.3, -0.25) is 14.9 Å². The van der Waals surface area contributed by atoms with Crippen LogP contribution in [0.3, 0.4) is 0 Å². The number of carbonyl (C=O) groups is 1. The zero-order chi connectivity index (χ0) is 18.4. The molecule has 0 fully saturated rings. The number of nitrogens with one attached hydrogen (secondary N) is 2. The van der Waals surface area contributed by atoms with Gasteiger partial charge in [-0.2, -0.15) is 5.10 Å². The molecule has 0 spiro atoms. The van der Waals surface area contributed by atoms with E-state index in [0.717, 1.165) is 23.5 Å². The zero-order valence-electron chi connectivity index (χ0n) is 13.2. The Hall–Kier alpha value is -2.94. The van der Waals surface area contributed by atoms with Crippen molar-refractivity contribution in [3.8, 4) is 5.75 Å². The summed E-state index contributed by atoms with van der Waals surface area (Å²) in [6, 6.07) is 9.87. The van der Waals surface area contributed by atoms with Crippen LogP contribution in [0.4, 0.5) is 11.4 Å². The average molecular weight is 407 g/mol. The summed E-state index contributed by atoms with van der Waals surface area (Å²) in [5.74, 6) is -0.609. The molecule has 9 heteroatoms. The molecule has 8 nitrogen and oxygen atoms in total. The number of phenolic OH excluding ortho intramolecular Hbond substituents is 1. The number of nitro benzene ring substituents is 1. The number of phenols is 1. The molecule has 0 aromatic heterocycles. The number of aryl methyl sites for hydroxylation is 1. The third-order valence-corrected chi connectivity index (χ3v) is 3.79. The number of halogens is 1. The first-order chi connectivity index (χ1) is 11.9. The quantitative estimate of drug-likeness (QED) is 0.387. The summed E-state index contributed by atoms with van der Waals surface area (Å²) in [6.07, 6.45) is 1.14. The molecular weight excluding hydrogens is 392 g/mol. The molecule has 0 aliphatic rings. The predicted molar refractivity (Wildman–Crippen MR) is 97.9 cm³/mol. The van der Waals surface area contributed by atoms with Crippen LogP contribution < -0.4 is 10.7 Å². The molecule has 0 saturated carbocycles. The van der Waals surface area contributed by atoms with E-state index in [1.54, 1.807) is 0 Å². The minimum atomic E-state index is -0.592. The molecule has 3 N–H and O–H groups in total. The Labute approximate surface area is 151 Å². The molecule has 0 heterocycles. The minimum Gasteiger partial charge on any atom is -0.506 e. The molecule has 0 radical (unpaired) electrons. The van der Waals surface area contributed by atoms with Crippen LogP contribution in [0.2, 0.25) is 0 Å². The van der Waals surface area contributed by atoms with E-state index in [4.69, 9.17) is 0 Å². The molecule has 0 aliphatic heterocycles. The number of hydrogen-bond donors (Lipinski definition) is 3. The van der Waals surface area contributed by atoms with Crippen molar-refractivity contribution in [2.75, 3.05) is 11.9 Å². The van der Waals surface area contributed by atoms with Crippen molar-refractivity contribution < 1.29 is 14.8 Å². The summed E-state index contributed by atoms with van der Waals surface area (Å²) in [5.41, 5.74) is 4.08. The lowest BCUT2D eigenvalue weighted by atomic mass is 10.2. The number of aromatic hydroxyl groups is 1. The van der Waals surface area contributed by atoms with Crippen LogP contribution in [0.1, 0.15) is 11.1 Å². The second-order valence-corrected chi connectivity index (χ2v) is 5.99. The molecule has 0 saturated heterocycles. The fraction of sp³-hybridized carbons (Fsp3) is 0.125. The smallest absolute Gasteiger partial charge is 0.271 e. The monoisotopic (exact) mass is 406 g/mol. The Morgan fingerprint density at radius 1 is 1.36 bits per heavy atom. The maximum atomic E-state index is 11.7. The summed E-state index contributed by atoms with van der Waals surface area (Å²) < 4.78 is 0.163. The Morgan fingerprint density at radius 3 is 2.68 bits per heavy atom. The fourth-order valence-electron chi connectivity index (χ4n) is 1.88. The lowest BCUT2D eigenvalue weighted by Gasteiger charge is -2.05. The highest BCUT2D eigenvalue weighted by Gasteiger charge is 2.13. The van der Waals surface area contributed by atoms with Crippen molar-refractivity contribution in [3.05, 3.63) is 62.1 Å². The standard InChI is InChI=1S/C16H15BrN4O4/c1-10-2-4-12(5-3-10)18-9-15(22)20-19-8-11-6-13(21(24)25)7-14(17)16(11)23/h2-8,18,23H,9H2,1H3,(H,20,22)/b19-8-. The van der Waals surface area contributed by atoms with Crippen molar-refractivity contribution in [3.63, 3.8) is 0 Å². The van der Waals surface area contributed by atoms with Gasteiger partial charge in [0.15, 0.2) is 0 Å². The van der Waals surface area contributed by atoms with Crippen molar-refractivity contribution in [1.29, 1.82) is 0 Å². The van der Waals surface area contributed by atoms with Crippen LogP contribution in [-0.4, -0.2) is 28.7 Å². The zero-order valence-corrected chi connectivity index (χ0v) is 14.8. The van der Waals surface area contributed by atoms with Crippen molar-refractivity contribution in [2.24, 2.45) is 5.10 Å². The maximum absolute atomic E-state index is 11.7. The number of anilines is 1. The summed E-state index contributed by atoms with van der Waals surface area (Å²) in [4.78, 5) is 22.0. The van der Waals surface area contributed by atoms with Gasteiger partial charge in [0.05, 0.1) is 22.2 Å². The Morgan fingerprint density at radius 2 is 2.04 bits per heavy atom. The van der Waals surface area contributed by atoms with E-state index in [0.29, 0.717) is 0 Å². The molecule has 0 aliphatic carbocycles. The summed E-state index contributed by atoms with van der Waals surface area (Å²) in [5, 5.41) is 27.3. The van der Waals surface area contributed by atoms with Crippen LogP contribution in [0, 0.1) is 17.0 Å². The van der Waals surface area contributed by atoms with Gasteiger partial charge >= 0.3 is 0 Å². The second-order valence-electron chi connectivity index (χ2n) is 5.14. The summed E-state index contributed by atoms with van der Waals surface area (Å²) in [6.45, 7) is 1.97. The third-order valence-electron chi connectivity index (χ3n) is 3.19. The second kappa shape index (κ2) is 8.25. The minimum absolute atomic E-state index is 0.00498. The van der Waals surface area contributed by atoms with E-state index in [9.17, 15) is 20.0 Å². The van der Waals surface area contributed by atoms with Gasteiger partial charge in [0.2, 0.25) is 0 Å². The van der Waals surface area contributed by atoms with Crippen LogP contribution in [-0.2, 0) is 4.79 Å². The highest BCUT2D eigenvalue weighted by molar-refractivity contribution is 9.10. The number of carbonyl (C=O) groups excluding carboxylic acids is 1. The molecule has 2 aromatic carbocycles. The average Bonchev–Trinajstić information content (AvgIpc) is 2.57.